The van der Waals surface area contributed by atoms with Gasteiger partial charge < -0.3 is 19.0 Å². The Morgan fingerprint density at radius 3 is 2.76 bits per heavy atom. The quantitative estimate of drug-likeness (QED) is 0.125. The van der Waals surface area contributed by atoms with E-state index in [2.05, 4.69) is 20.2 Å². The van der Waals surface area contributed by atoms with Crippen LogP contribution >= 0.6 is 18.7 Å². The van der Waals surface area contributed by atoms with Gasteiger partial charge in [0.1, 0.15) is 29.4 Å². The maximum atomic E-state index is 12.3. The highest BCUT2D eigenvalue weighted by Gasteiger charge is 2.24. The number of nitrogens with one attached hydrogen (secondary N) is 1. The van der Waals surface area contributed by atoms with Crippen LogP contribution in [0.15, 0.2) is 83.7 Å². The van der Waals surface area contributed by atoms with Gasteiger partial charge in [-0.25, -0.2) is 9.97 Å². The molecule has 0 amide bonds. The number of aromatic nitrogens is 3. The first-order valence-corrected chi connectivity index (χ1v) is 16.2. The van der Waals surface area contributed by atoms with E-state index in [0.29, 0.717) is 28.8 Å². The number of anilines is 2. The Balaban J connectivity index is 1.17. The zero-order valence-corrected chi connectivity index (χ0v) is 24.2. The zero-order chi connectivity index (χ0) is 28.4. The van der Waals surface area contributed by atoms with Crippen molar-refractivity contribution < 1.29 is 23.7 Å². The fourth-order valence-corrected chi connectivity index (χ4v) is 6.67. The molecule has 6 rings (SSSR count). The summed E-state index contributed by atoms with van der Waals surface area (Å²) in [5.41, 5.74) is 3.05. The van der Waals surface area contributed by atoms with Gasteiger partial charge in [0.05, 0.1) is 24.2 Å². The van der Waals surface area contributed by atoms with E-state index in [1.165, 1.54) is 12.5 Å². The molecule has 0 radical (unpaired) electrons. The first-order chi connectivity index (χ1) is 19.8. The number of fused-ring (bicyclic) bond motifs is 1. The van der Waals surface area contributed by atoms with Gasteiger partial charge in [-0.05, 0) is 61.3 Å². The minimum Gasteiger partial charge on any atom is -0.481 e. The van der Waals surface area contributed by atoms with Gasteiger partial charge in [0.15, 0.2) is 6.61 Å². The van der Waals surface area contributed by atoms with Crippen LogP contribution in [0.2, 0.25) is 5.02 Å². The van der Waals surface area contributed by atoms with Crippen LogP contribution in [-0.2, 0) is 17.7 Å². The zero-order valence-electron chi connectivity index (χ0n) is 22.5. The van der Waals surface area contributed by atoms with Gasteiger partial charge in [-0.3, -0.25) is 10.1 Å². The Labute approximate surface area is 242 Å². The van der Waals surface area contributed by atoms with E-state index in [0.717, 1.165) is 63.8 Å². The van der Waals surface area contributed by atoms with Gasteiger partial charge in [-0.1, -0.05) is 11.6 Å². The lowest BCUT2D eigenvalue weighted by Gasteiger charge is -2.29. The fraction of sp³-hybridized carbons (Fsp3) is 0.233. The van der Waals surface area contributed by atoms with Crippen LogP contribution in [-0.4, -0.2) is 52.2 Å². The van der Waals surface area contributed by atoms with Crippen molar-refractivity contribution in [2.45, 2.75) is 13.2 Å². The van der Waals surface area contributed by atoms with Gasteiger partial charge in [0, 0.05) is 58.9 Å². The number of ether oxygens (including phenoxy) is 1. The van der Waals surface area contributed by atoms with E-state index in [9.17, 15) is 9.77 Å². The lowest BCUT2D eigenvalue weighted by Crippen LogP contribution is -2.35. The van der Waals surface area contributed by atoms with Crippen molar-refractivity contribution in [1.29, 1.82) is 0 Å². The topological polar surface area (TPSA) is 105 Å². The molecule has 11 heteroatoms. The summed E-state index contributed by atoms with van der Waals surface area (Å²) < 4.78 is 25.3. The third-order valence-corrected chi connectivity index (χ3v) is 9.82. The first kappa shape index (κ1) is 27.3. The summed E-state index contributed by atoms with van der Waals surface area (Å²) in [6.45, 7) is 4.43. The number of nitrogens with zero attached hydrogens (tertiary/aromatic N) is 4. The van der Waals surface area contributed by atoms with Crippen molar-refractivity contribution in [2.75, 3.05) is 37.4 Å². The molecule has 1 aliphatic heterocycles. The summed E-state index contributed by atoms with van der Waals surface area (Å²) in [6.07, 6.45) is 4.59. The van der Waals surface area contributed by atoms with Crippen LogP contribution in [0.4, 0.5) is 11.5 Å². The summed E-state index contributed by atoms with van der Waals surface area (Å²) >= 11 is 6.51. The Morgan fingerprint density at radius 2 is 1.95 bits per heavy atom. The van der Waals surface area contributed by atoms with Gasteiger partial charge >= 0.3 is 0 Å². The summed E-state index contributed by atoms with van der Waals surface area (Å²) in [5, 5.41) is 14.5. The molecule has 0 atom stereocenters. The largest absolute Gasteiger partial charge is 0.481 e. The van der Waals surface area contributed by atoms with E-state index < -0.39 is 7.14 Å². The number of furan rings is 1. The first-order valence-electron chi connectivity index (χ1n) is 13.3. The monoisotopic (exact) mass is 590 g/mol. The number of halogens is 1. The lowest BCUT2D eigenvalue weighted by molar-refractivity contribution is -0.910. The fourth-order valence-electron chi connectivity index (χ4n) is 4.80. The molecular formula is C30H30ClN5O4P+. The van der Waals surface area contributed by atoms with E-state index in [-0.39, 0.29) is 6.61 Å². The van der Waals surface area contributed by atoms with Crippen molar-refractivity contribution >= 4 is 41.2 Å². The van der Waals surface area contributed by atoms with Crippen molar-refractivity contribution in [3.63, 3.8) is 0 Å². The van der Waals surface area contributed by atoms with Crippen LogP contribution in [0.1, 0.15) is 11.5 Å². The highest BCUT2D eigenvalue weighted by Crippen LogP contribution is 2.43. The molecule has 0 aliphatic carbocycles. The molecule has 4 heterocycles. The predicted molar refractivity (Wildman–Crippen MR) is 159 cm³/mol. The minimum absolute atomic E-state index is 0.163. The minimum atomic E-state index is -1.96. The molecule has 1 aliphatic rings. The second-order valence-electron chi connectivity index (χ2n) is 10.3. The molecule has 9 nitrogen and oxygen atoms in total. The number of hydrogen-bond acceptors (Lipinski definition) is 8. The lowest BCUT2D eigenvalue weighted by atomic mass is 10.1. The Kier molecular flexibility index (Phi) is 7.67. The smallest absolute Gasteiger partial charge is 0.271 e. The summed E-state index contributed by atoms with van der Waals surface area (Å²) in [4.78, 5) is 11.2. The summed E-state index contributed by atoms with van der Waals surface area (Å²) in [7, 11) is -1.96. The van der Waals surface area contributed by atoms with Gasteiger partial charge in [-0.2, -0.15) is 0 Å². The van der Waals surface area contributed by atoms with E-state index in [1.807, 2.05) is 49.1 Å². The SMILES string of the molecule is CP1(=O)CCN(Cc2ccc(-c3ccc4ncnc(Nc5ccc(OCc6cccc[n+]6O)c(Cl)c5)c4c3)o2)CC1. The van der Waals surface area contributed by atoms with Crippen molar-refractivity contribution in [3.05, 3.63) is 95.7 Å². The maximum absolute atomic E-state index is 12.3. The maximum Gasteiger partial charge on any atom is 0.271 e. The predicted octanol–water partition coefficient (Wildman–Crippen LogP) is 6.20. The van der Waals surface area contributed by atoms with E-state index in [1.54, 1.807) is 24.3 Å². The van der Waals surface area contributed by atoms with Crippen molar-refractivity contribution in [2.24, 2.45) is 0 Å². The average molecular weight is 591 g/mol. The Morgan fingerprint density at radius 1 is 1.10 bits per heavy atom. The van der Waals surface area contributed by atoms with E-state index >= 15 is 0 Å². The number of rotatable bonds is 8. The molecule has 41 heavy (non-hydrogen) atoms. The van der Waals surface area contributed by atoms with Crippen LogP contribution < -0.4 is 14.8 Å². The highest BCUT2D eigenvalue weighted by atomic mass is 35.5. The number of benzene rings is 2. The standard InChI is InChI=1S/C30H30ClN5O4P/c1-41(38)14-12-35(13-15-41)18-24-7-10-28(40-24)21-5-8-27-25(16-21)30(33-20-32-27)34-22-6-9-29(26(31)17-22)39-19-23-4-2-3-11-36(23)37/h2-11,16-17,20,37H,12-15,18-19H2,1H3,(H,32,33,34)/q+1. The molecule has 1 saturated heterocycles. The molecule has 210 valence electrons. The molecule has 1 fully saturated rings. The Hall–Kier alpha value is -3.91. The van der Waals surface area contributed by atoms with Crippen LogP contribution in [0.3, 0.4) is 0 Å². The molecule has 0 saturated carbocycles. The highest BCUT2D eigenvalue weighted by molar-refractivity contribution is 7.63. The molecule has 0 bridgehead atoms. The molecule has 0 unspecified atom stereocenters. The van der Waals surface area contributed by atoms with Gasteiger partial charge in [0.25, 0.3) is 5.69 Å². The third-order valence-electron chi connectivity index (χ3n) is 7.23. The van der Waals surface area contributed by atoms with Gasteiger partial charge in [0.2, 0.25) is 6.20 Å². The molecule has 2 aromatic carbocycles. The Bertz CT molecular complexity index is 1750. The molecular weight excluding hydrogens is 561 g/mol. The van der Waals surface area contributed by atoms with Crippen molar-refractivity contribution in [1.82, 2.24) is 14.9 Å². The molecule has 3 aromatic heterocycles. The second kappa shape index (κ2) is 11.5. The van der Waals surface area contributed by atoms with Crippen LogP contribution in [0, 0.1) is 0 Å². The number of pyridine rings is 1. The van der Waals surface area contributed by atoms with Gasteiger partial charge in [-0.15, -0.1) is 0 Å². The van der Waals surface area contributed by atoms with Crippen LogP contribution in [0.25, 0.3) is 22.2 Å². The van der Waals surface area contributed by atoms with Crippen LogP contribution in [0.5, 0.6) is 5.75 Å². The number of hydrogen-bond donors (Lipinski definition) is 2. The summed E-state index contributed by atoms with van der Waals surface area (Å²) in [5.74, 6) is 2.78. The molecule has 2 N–H and O–H groups in total. The van der Waals surface area contributed by atoms with E-state index in [4.69, 9.17) is 20.8 Å². The molecule has 5 aromatic rings. The average Bonchev–Trinajstić information content (AvgIpc) is 3.43. The third kappa shape index (κ3) is 6.38. The normalized spacial score (nSPS) is 15.2. The summed E-state index contributed by atoms with van der Waals surface area (Å²) in [6, 6.07) is 20.6. The molecule has 0 spiro atoms. The second-order valence-corrected chi connectivity index (χ2v) is 14.2. The van der Waals surface area contributed by atoms with Crippen molar-refractivity contribution in [3.8, 4) is 17.1 Å².